The first-order valence-electron chi connectivity index (χ1n) is 5.88. The van der Waals surface area contributed by atoms with Gasteiger partial charge < -0.3 is 10.2 Å². The molecular weight excluding hydrogens is 270 g/mol. The van der Waals surface area contributed by atoms with Crippen molar-refractivity contribution in [3.05, 3.63) is 16.5 Å². The highest BCUT2D eigenvalue weighted by Crippen LogP contribution is 2.31. The number of aromatic nitrogens is 3. The van der Waals surface area contributed by atoms with E-state index in [1.165, 1.54) is 0 Å². The van der Waals surface area contributed by atoms with Gasteiger partial charge in [0.2, 0.25) is 5.95 Å². The lowest BCUT2D eigenvalue weighted by molar-refractivity contribution is 0.480. The Hall–Kier alpha value is -1.11. The van der Waals surface area contributed by atoms with Gasteiger partial charge in [0.15, 0.2) is 5.82 Å². The number of H-pyrrole nitrogens is 1. The van der Waals surface area contributed by atoms with Gasteiger partial charge in [0.05, 0.1) is 9.90 Å². The molecule has 5 nitrogen and oxygen atoms in total. The van der Waals surface area contributed by atoms with E-state index in [4.69, 9.17) is 11.6 Å². The average Bonchev–Trinajstić information content (AvgIpc) is 2.97. The molecule has 3 rings (SSSR count). The molecule has 0 spiro atoms. The second kappa shape index (κ2) is 4.87. The summed E-state index contributed by atoms with van der Waals surface area (Å²) in [6.07, 6.45) is 0. The van der Waals surface area contributed by atoms with Crippen LogP contribution >= 0.6 is 22.9 Å². The van der Waals surface area contributed by atoms with Gasteiger partial charge in [-0.1, -0.05) is 11.6 Å². The zero-order valence-corrected chi connectivity index (χ0v) is 11.6. The van der Waals surface area contributed by atoms with Crippen LogP contribution in [-0.4, -0.2) is 40.9 Å². The Bertz CT molecular complexity index is 537. The van der Waals surface area contributed by atoms with Crippen LogP contribution in [0.25, 0.3) is 10.7 Å². The van der Waals surface area contributed by atoms with Gasteiger partial charge in [-0.3, -0.25) is 5.10 Å². The molecule has 1 unspecified atom stereocenters. The molecule has 1 atom stereocenters. The Labute approximate surface area is 114 Å². The molecule has 0 radical (unpaired) electrons. The number of hydrogen-bond donors (Lipinski definition) is 2. The van der Waals surface area contributed by atoms with Crippen molar-refractivity contribution in [1.29, 1.82) is 0 Å². The molecule has 0 aliphatic carbocycles. The predicted molar refractivity (Wildman–Crippen MR) is 74.4 cm³/mol. The molecule has 1 aliphatic heterocycles. The highest BCUT2D eigenvalue weighted by molar-refractivity contribution is 7.14. The summed E-state index contributed by atoms with van der Waals surface area (Å²) in [6.45, 7) is 4.98. The minimum atomic E-state index is 0.464. The molecule has 18 heavy (non-hydrogen) atoms. The fourth-order valence-corrected chi connectivity index (χ4v) is 3.16. The second-order valence-electron chi connectivity index (χ2n) is 4.38. The van der Waals surface area contributed by atoms with Crippen LogP contribution in [0.5, 0.6) is 0 Å². The Kier molecular flexibility index (Phi) is 3.23. The average molecular weight is 284 g/mol. The van der Waals surface area contributed by atoms with Crippen LogP contribution in [0.15, 0.2) is 11.4 Å². The van der Waals surface area contributed by atoms with Crippen molar-refractivity contribution in [3.8, 4) is 10.7 Å². The van der Waals surface area contributed by atoms with E-state index in [2.05, 4.69) is 32.3 Å². The highest BCUT2D eigenvalue weighted by atomic mass is 35.5. The molecule has 0 amide bonds. The van der Waals surface area contributed by atoms with Crippen LogP contribution in [0.1, 0.15) is 6.92 Å². The Morgan fingerprint density at radius 3 is 3.17 bits per heavy atom. The van der Waals surface area contributed by atoms with E-state index in [9.17, 15) is 0 Å². The number of thiophene rings is 1. The number of nitrogens with zero attached hydrogens (tertiary/aromatic N) is 3. The van der Waals surface area contributed by atoms with Crippen molar-refractivity contribution in [3.63, 3.8) is 0 Å². The van der Waals surface area contributed by atoms with Crippen LogP contribution in [0, 0.1) is 0 Å². The molecule has 2 N–H and O–H groups in total. The number of hydrogen-bond acceptors (Lipinski definition) is 5. The molecule has 1 aliphatic rings. The molecule has 0 saturated carbocycles. The third kappa shape index (κ3) is 2.23. The van der Waals surface area contributed by atoms with Gasteiger partial charge in [-0.25, -0.2) is 0 Å². The molecule has 96 valence electrons. The van der Waals surface area contributed by atoms with Crippen molar-refractivity contribution < 1.29 is 0 Å². The van der Waals surface area contributed by atoms with Crippen molar-refractivity contribution >= 4 is 28.9 Å². The number of piperazine rings is 1. The van der Waals surface area contributed by atoms with Gasteiger partial charge in [0, 0.05) is 25.7 Å². The number of aromatic amines is 1. The number of halogens is 1. The Balaban J connectivity index is 1.83. The van der Waals surface area contributed by atoms with Crippen LogP contribution in [0.4, 0.5) is 5.95 Å². The zero-order chi connectivity index (χ0) is 12.5. The smallest absolute Gasteiger partial charge is 0.245 e. The third-order valence-corrected chi connectivity index (χ3v) is 4.31. The van der Waals surface area contributed by atoms with E-state index in [1.807, 2.05) is 11.4 Å². The number of anilines is 1. The highest BCUT2D eigenvalue weighted by Gasteiger charge is 2.20. The normalized spacial score (nSPS) is 20.3. The number of rotatable bonds is 2. The maximum Gasteiger partial charge on any atom is 0.245 e. The van der Waals surface area contributed by atoms with Crippen molar-refractivity contribution in [1.82, 2.24) is 20.5 Å². The lowest BCUT2D eigenvalue weighted by atomic mass is 10.2. The minimum absolute atomic E-state index is 0.464. The van der Waals surface area contributed by atoms with E-state index in [0.29, 0.717) is 6.04 Å². The molecule has 0 bridgehead atoms. The molecule has 1 saturated heterocycles. The van der Waals surface area contributed by atoms with Crippen molar-refractivity contribution in [2.45, 2.75) is 13.0 Å². The maximum absolute atomic E-state index is 6.09. The predicted octanol–water partition coefficient (Wildman–Crippen LogP) is 1.98. The van der Waals surface area contributed by atoms with Crippen LogP contribution in [-0.2, 0) is 0 Å². The van der Waals surface area contributed by atoms with E-state index in [1.54, 1.807) is 11.3 Å². The summed E-state index contributed by atoms with van der Waals surface area (Å²) in [5, 5.41) is 13.3. The molecule has 7 heteroatoms. The van der Waals surface area contributed by atoms with E-state index in [0.717, 1.165) is 41.3 Å². The molecule has 1 fully saturated rings. The number of nitrogens with one attached hydrogen (secondary N) is 2. The Morgan fingerprint density at radius 2 is 2.44 bits per heavy atom. The van der Waals surface area contributed by atoms with Crippen LogP contribution in [0.3, 0.4) is 0 Å². The topological polar surface area (TPSA) is 56.8 Å². The summed E-state index contributed by atoms with van der Waals surface area (Å²) in [4.78, 5) is 7.66. The van der Waals surface area contributed by atoms with Crippen LogP contribution < -0.4 is 10.2 Å². The largest absolute Gasteiger partial charge is 0.337 e. The lowest BCUT2D eigenvalue weighted by Crippen LogP contribution is -2.49. The Morgan fingerprint density at radius 1 is 1.56 bits per heavy atom. The van der Waals surface area contributed by atoms with Gasteiger partial charge in [-0.05, 0) is 18.4 Å². The molecule has 2 aromatic heterocycles. The summed E-state index contributed by atoms with van der Waals surface area (Å²) >= 11 is 7.66. The summed E-state index contributed by atoms with van der Waals surface area (Å²) in [5.41, 5.74) is 0. The summed E-state index contributed by atoms with van der Waals surface area (Å²) in [7, 11) is 0. The van der Waals surface area contributed by atoms with Gasteiger partial charge in [-0.15, -0.1) is 16.4 Å². The van der Waals surface area contributed by atoms with E-state index >= 15 is 0 Å². The van der Waals surface area contributed by atoms with Gasteiger partial charge in [0.25, 0.3) is 0 Å². The molecule has 0 aromatic carbocycles. The van der Waals surface area contributed by atoms with Gasteiger partial charge >= 0.3 is 0 Å². The first-order valence-corrected chi connectivity index (χ1v) is 7.14. The fraction of sp³-hybridized carbons (Fsp3) is 0.455. The SMILES string of the molecule is CC1CN(c2n[nH]c(-c3sccc3Cl)n2)CCN1. The lowest BCUT2D eigenvalue weighted by Gasteiger charge is -2.30. The second-order valence-corrected chi connectivity index (χ2v) is 5.71. The van der Waals surface area contributed by atoms with Crippen LogP contribution in [0.2, 0.25) is 5.02 Å². The van der Waals surface area contributed by atoms with Crippen molar-refractivity contribution in [2.75, 3.05) is 24.5 Å². The van der Waals surface area contributed by atoms with E-state index < -0.39 is 0 Å². The zero-order valence-electron chi connectivity index (χ0n) is 9.98. The van der Waals surface area contributed by atoms with Gasteiger partial charge in [0.1, 0.15) is 0 Å². The first kappa shape index (κ1) is 12.0. The molecular formula is C11H14ClN5S. The third-order valence-electron chi connectivity index (χ3n) is 2.96. The van der Waals surface area contributed by atoms with E-state index in [-0.39, 0.29) is 0 Å². The quantitative estimate of drug-likeness (QED) is 0.885. The summed E-state index contributed by atoms with van der Waals surface area (Å²) in [5.74, 6) is 1.50. The molecule has 3 heterocycles. The van der Waals surface area contributed by atoms with Gasteiger partial charge in [-0.2, -0.15) is 4.98 Å². The summed E-state index contributed by atoms with van der Waals surface area (Å²) < 4.78 is 0. The van der Waals surface area contributed by atoms with Crippen molar-refractivity contribution in [2.24, 2.45) is 0 Å². The summed E-state index contributed by atoms with van der Waals surface area (Å²) in [6, 6.07) is 2.34. The first-order chi connectivity index (χ1) is 8.74. The monoisotopic (exact) mass is 283 g/mol. The fourth-order valence-electron chi connectivity index (χ4n) is 2.07. The maximum atomic E-state index is 6.09. The standard InChI is InChI=1S/C11H14ClN5S/c1-7-6-17(4-3-13-7)11-14-10(15-16-11)9-8(12)2-5-18-9/h2,5,7,13H,3-4,6H2,1H3,(H,14,15,16). The molecule has 2 aromatic rings. The minimum Gasteiger partial charge on any atom is -0.337 e.